The van der Waals surface area contributed by atoms with E-state index in [0.29, 0.717) is 28.2 Å². The van der Waals surface area contributed by atoms with Crippen LogP contribution in [0.15, 0.2) is 19.5 Å². The molecule has 230 valence electrons. The molecule has 3 aliphatic heterocycles. The summed E-state index contributed by atoms with van der Waals surface area (Å²) >= 11 is 10.4. The number of fused-ring (bicyclic) bond motifs is 2. The summed E-state index contributed by atoms with van der Waals surface area (Å²) in [6.45, 7) is 7.29. The van der Waals surface area contributed by atoms with Gasteiger partial charge in [0.05, 0.1) is 34.5 Å². The first-order valence-electron chi connectivity index (χ1n) is 14.1. The van der Waals surface area contributed by atoms with E-state index in [1.54, 1.807) is 0 Å². The maximum Gasteiger partial charge on any atom is 0.311 e. The second kappa shape index (κ2) is 12.7. The molecule has 3 saturated heterocycles. The molecule has 9 nitrogen and oxygen atoms in total. The Morgan fingerprint density at radius 3 is 2.41 bits per heavy atom. The predicted octanol–water partition coefficient (Wildman–Crippen LogP) is 5.89. The van der Waals surface area contributed by atoms with Crippen molar-refractivity contribution in [3.8, 4) is 5.75 Å². The van der Waals surface area contributed by atoms with Crippen LogP contribution in [0.5, 0.6) is 5.75 Å². The van der Waals surface area contributed by atoms with E-state index in [-0.39, 0.29) is 30.6 Å². The topological polar surface area (TPSA) is 132 Å². The minimum Gasteiger partial charge on any atom is -0.506 e. The number of phenols is 1. The Balaban J connectivity index is 1.59. The van der Waals surface area contributed by atoms with Gasteiger partial charge in [0.2, 0.25) is 0 Å². The number of carbonyl (C=O) groups is 2. The van der Waals surface area contributed by atoms with Gasteiger partial charge in [-0.3, -0.25) is 9.59 Å². The number of hydrogen-bond acceptors (Lipinski definition) is 9. The molecule has 1 spiro atoms. The molecule has 0 saturated carbocycles. The van der Waals surface area contributed by atoms with Crippen LogP contribution in [0.1, 0.15) is 78.2 Å². The minimum atomic E-state index is -1.85. The first kappa shape index (κ1) is 33.1. The fourth-order valence-corrected chi connectivity index (χ4v) is 8.87. The van der Waals surface area contributed by atoms with Gasteiger partial charge in [0.25, 0.3) is 0 Å². The lowest BCUT2D eigenvalue weighted by molar-refractivity contribution is -0.449. The lowest BCUT2D eigenvalue weighted by Gasteiger charge is -2.60. The number of esters is 2. The van der Waals surface area contributed by atoms with Gasteiger partial charge in [0, 0.05) is 28.1 Å². The molecule has 1 aromatic carbocycles. The molecule has 3 heterocycles. The summed E-state index contributed by atoms with van der Waals surface area (Å²) in [5.41, 5.74) is 0.385. The monoisotopic (exact) mass is 768 g/mol. The Morgan fingerprint density at radius 2 is 1.73 bits per heavy atom. The van der Waals surface area contributed by atoms with Crippen LogP contribution in [0.4, 0.5) is 0 Å². The number of hydrogen-bond donors (Lipinski definition) is 3. The summed E-state index contributed by atoms with van der Waals surface area (Å²) in [5.74, 6) is -4.94. The highest BCUT2D eigenvalue weighted by Gasteiger charge is 2.64. The molecule has 3 N–H and O–H groups in total. The van der Waals surface area contributed by atoms with Crippen LogP contribution in [-0.2, 0) is 35.0 Å². The molecule has 0 unspecified atom stereocenters. The molecule has 1 aromatic rings. The molecule has 3 aliphatic rings. The number of halogens is 3. The molecule has 41 heavy (non-hydrogen) atoms. The predicted molar refractivity (Wildman–Crippen MR) is 160 cm³/mol. The number of aromatic hydroxyl groups is 1. The molecule has 0 aliphatic carbocycles. The minimum absolute atomic E-state index is 0.151. The van der Waals surface area contributed by atoms with Crippen LogP contribution in [0, 0.1) is 17.3 Å². The van der Waals surface area contributed by atoms with Crippen molar-refractivity contribution >= 4 is 59.7 Å². The Labute approximate surface area is 266 Å². The largest absolute Gasteiger partial charge is 0.506 e. The number of unbranched alkanes of at least 4 members (excludes halogenated alkanes) is 1. The molecule has 3 fully saturated rings. The molecule has 4 rings (SSSR count). The second-order valence-corrected chi connectivity index (χ2v) is 14.8. The van der Waals surface area contributed by atoms with Crippen molar-refractivity contribution in [1.29, 1.82) is 0 Å². The van der Waals surface area contributed by atoms with Gasteiger partial charge in [0.15, 0.2) is 11.6 Å². The van der Waals surface area contributed by atoms with Crippen molar-refractivity contribution in [2.45, 2.75) is 109 Å². The van der Waals surface area contributed by atoms with Crippen molar-refractivity contribution in [1.82, 2.24) is 0 Å². The molecule has 0 radical (unpaired) electrons. The molecular formula is C29H39Br3O9. The third-order valence-electron chi connectivity index (χ3n) is 8.93. The first-order valence-corrected chi connectivity index (χ1v) is 16.4. The zero-order valence-electron chi connectivity index (χ0n) is 23.8. The summed E-state index contributed by atoms with van der Waals surface area (Å²) in [5, 5.41) is 31.7. The molecule has 0 aromatic heterocycles. The second-order valence-electron chi connectivity index (χ2n) is 12.3. The van der Waals surface area contributed by atoms with E-state index in [4.69, 9.17) is 18.9 Å². The number of cyclic esters (lactones) is 1. The smallest absolute Gasteiger partial charge is 0.311 e. The average Bonchev–Trinajstić information content (AvgIpc) is 2.87. The van der Waals surface area contributed by atoms with Gasteiger partial charge in [-0.2, -0.15) is 0 Å². The lowest BCUT2D eigenvalue weighted by atomic mass is 9.66. The van der Waals surface area contributed by atoms with Crippen LogP contribution < -0.4 is 0 Å². The zero-order chi connectivity index (χ0) is 30.3. The zero-order valence-corrected chi connectivity index (χ0v) is 28.5. The van der Waals surface area contributed by atoms with E-state index in [1.807, 2.05) is 33.8 Å². The fraction of sp³-hybridized carbons (Fsp3) is 0.724. The van der Waals surface area contributed by atoms with Gasteiger partial charge in [-0.1, -0.05) is 50.0 Å². The highest BCUT2D eigenvalue weighted by molar-refractivity contribution is 9.11. The van der Waals surface area contributed by atoms with Gasteiger partial charge in [-0.25, -0.2) is 0 Å². The van der Waals surface area contributed by atoms with Crippen molar-refractivity contribution < 1.29 is 43.9 Å². The van der Waals surface area contributed by atoms with E-state index < -0.39 is 60.1 Å². The summed E-state index contributed by atoms with van der Waals surface area (Å²) in [7, 11) is 0. The standard InChI is InChI=1S/C29H39Br3O9/c1-15-11-27(3,4)29-12-22(39-23(34)9-17(14-33)38-24(35)13-28(15,37)41-29)16(2)21(40-29)8-6-5-7-18-19(30)10-20(31)26(36)25(18)32/h10,15-17,21-22,33,36-37H,5-9,11-14H2,1-4H3/t15-,16-,17-,21-,22+,28+,29+/m1/s1. The Hall–Kier alpha value is -0.760. The van der Waals surface area contributed by atoms with E-state index in [0.717, 1.165) is 22.9 Å². The molecule has 12 heteroatoms. The van der Waals surface area contributed by atoms with Crippen LogP contribution in [0.3, 0.4) is 0 Å². The van der Waals surface area contributed by atoms with E-state index in [2.05, 4.69) is 47.8 Å². The maximum absolute atomic E-state index is 12.9. The Bertz CT molecular complexity index is 1160. The number of aliphatic hydroxyl groups excluding tert-OH is 1. The number of ether oxygens (including phenoxy) is 4. The van der Waals surface area contributed by atoms with Gasteiger partial charge in [-0.05, 0) is 69.2 Å². The number of rotatable bonds is 6. The fourth-order valence-electron chi connectivity index (χ4n) is 6.35. The van der Waals surface area contributed by atoms with Crippen molar-refractivity contribution in [2.24, 2.45) is 17.3 Å². The van der Waals surface area contributed by atoms with Crippen LogP contribution in [0.2, 0.25) is 0 Å². The Morgan fingerprint density at radius 1 is 1.02 bits per heavy atom. The van der Waals surface area contributed by atoms with Gasteiger partial charge in [0.1, 0.15) is 18.0 Å². The van der Waals surface area contributed by atoms with E-state index >= 15 is 0 Å². The highest BCUT2D eigenvalue weighted by Crippen LogP contribution is 2.57. The molecule has 3 bridgehead atoms. The van der Waals surface area contributed by atoms with Gasteiger partial charge < -0.3 is 34.3 Å². The molecule has 0 amide bonds. The number of carbonyl (C=O) groups excluding carboxylic acids is 2. The molecule has 7 atom stereocenters. The number of aliphatic hydroxyl groups is 2. The molecular weight excluding hydrogens is 732 g/mol. The van der Waals surface area contributed by atoms with Crippen LogP contribution >= 0.6 is 47.8 Å². The number of benzene rings is 1. The van der Waals surface area contributed by atoms with E-state index in [9.17, 15) is 24.9 Å². The summed E-state index contributed by atoms with van der Waals surface area (Å²) in [6, 6.07) is 1.82. The third-order valence-corrected chi connectivity index (χ3v) is 11.1. The maximum atomic E-state index is 12.9. The summed E-state index contributed by atoms with van der Waals surface area (Å²) in [4.78, 5) is 25.7. The summed E-state index contributed by atoms with van der Waals surface area (Å²) < 4.78 is 26.6. The van der Waals surface area contributed by atoms with Crippen molar-refractivity contribution in [2.75, 3.05) is 6.61 Å². The lowest BCUT2D eigenvalue weighted by Crippen LogP contribution is -2.68. The van der Waals surface area contributed by atoms with Crippen molar-refractivity contribution in [3.05, 3.63) is 25.0 Å². The van der Waals surface area contributed by atoms with Crippen molar-refractivity contribution in [3.63, 3.8) is 0 Å². The van der Waals surface area contributed by atoms with Crippen LogP contribution in [0.25, 0.3) is 0 Å². The van der Waals surface area contributed by atoms with Crippen LogP contribution in [-0.4, -0.2) is 63.8 Å². The van der Waals surface area contributed by atoms with Gasteiger partial charge in [-0.15, -0.1) is 0 Å². The normalized spacial score (nSPS) is 35.6. The average molecular weight is 771 g/mol. The first-order chi connectivity index (χ1) is 19.1. The third kappa shape index (κ3) is 6.83. The summed E-state index contributed by atoms with van der Waals surface area (Å²) in [6.07, 6.45) is 0.903. The highest BCUT2D eigenvalue weighted by atomic mass is 79.9. The Kier molecular flexibility index (Phi) is 10.3. The number of phenolic OH excluding ortho intramolecular Hbond substituents is 1. The van der Waals surface area contributed by atoms with E-state index in [1.165, 1.54) is 0 Å². The van der Waals surface area contributed by atoms with Gasteiger partial charge >= 0.3 is 11.9 Å². The SMILES string of the molecule is C[C@H]1[C@@H]2C[C@]3(O[C@@H]1CCCCc1c(Br)cc(Br)c(O)c1Br)O[C@@](O)(CC(=O)O[C@@H](CO)CC(=O)O2)[C@H](C)CC3(C)C. The quantitative estimate of drug-likeness (QED) is 0.239.